The second-order valence-corrected chi connectivity index (χ2v) is 9.30. The van der Waals surface area contributed by atoms with E-state index in [1.165, 1.54) is 16.6 Å². The SMILES string of the molecule is CCN(CC)c1ccc(NC(=O)C2CCN(S(=O)(=O)c3cccnc3Cl)CC2)cn1. The minimum Gasteiger partial charge on any atom is -0.357 e. The molecule has 1 aliphatic rings. The van der Waals surface area contributed by atoms with E-state index < -0.39 is 10.0 Å². The van der Waals surface area contributed by atoms with Crippen molar-refractivity contribution in [3.05, 3.63) is 41.8 Å². The number of carbonyl (C=O) groups excluding carboxylic acids is 1. The Morgan fingerprint density at radius 2 is 1.90 bits per heavy atom. The molecule has 3 heterocycles. The fraction of sp³-hybridized carbons (Fsp3) is 0.450. The maximum Gasteiger partial charge on any atom is 0.246 e. The van der Waals surface area contributed by atoms with Gasteiger partial charge in [0.1, 0.15) is 15.9 Å². The van der Waals surface area contributed by atoms with Gasteiger partial charge in [0.15, 0.2) is 0 Å². The minimum absolute atomic E-state index is 0.00562. The Kier molecular flexibility index (Phi) is 7.27. The highest BCUT2D eigenvalue weighted by atomic mass is 35.5. The highest BCUT2D eigenvalue weighted by Crippen LogP contribution is 2.27. The molecule has 0 spiro atoms. The third-order valence-corrected chi connectivity index (χ3v) is 7.61. The van der Waals surface area contributed by atoms with Crippen LogP contribution in [0.5, 0.6) is 0 Å². The van der Waals surface area contributed by atoms with Gasteiger partial charge in [0.25, 0.3) is 0 Å². The summed E-state index contributed by atoms with van der Waals surface area (Å²) < 4.78 is 27.0. The number of amides is 1. The molecule has 8 nitrogen and oxygen atoms in total. The summed E-state index contributed by atoms with van der Waals surface area (Å²) in [5.74, 6) is 0.484. The number of nitrogens with zero attached hydrogens (tertiary/aromatic N) is 4. The molecule has 2 aromatic heterocycles. The molecule has 0 atom stereocenters. The lowest BCUT2D eigenvalue weighted by Crippen LogP contribution is -2.41. The van der Waals surface area contributed by atoms with Crippen LogP contribution in [0.15, 0.2) is 41.6 Å². The number of rotatable bonds is 7. The Morgan fingerprint density at radius 3 is 2.47 bits per heavy atom. The van der Waals surface area contributed by atoms with Crippen molar-refractivity contribution in [1.29, 1.82) is 0 Å². The third kappa shape index (κ3) is 4.91. The van der Waals surface area contributed by atoms with E-state index in [1.54, 1.807) is 12.3 Å². The molecule has 1 amide bonds. The summed E-state index contributed by atoms with van der Waals surface area (Å²) >= 11 is 5.96. The number of sulfonamides is 1. The van der Waals surface area contributed by atoms with Crippen LogP contribution in [0.2, 0.25) is 5.15 Å². The molecule has 162 valence electrons. The van der Waals surface area contributed by atoms with E-state index in [0.717, 1.165) is 18.9 Å². The summed E-state index contributed by atoms with van der Waals surface area (Å²) in [4.78, 5) is 23.0. The molecule has 1 N–H and O–H groups in total. The molecule has 0 aliphatic carbocycles. The Hall–Kier alpha value is -2.23. The van der Waals surface area contributed by atoms with Gasteiger partial charge in [0.05, 0.1) is 11.9 Å². The first-order valence-corrected chi connectivity index (χ1v) is 11.8. The highest BCUT2D eigenvalue weighted by Gasteiger charge is 2.33. The summed E-state index contributed by atoms with van der Waals surface area (Å²) in [6.45, 7) is 6.36. The predicted octanol–water partition coefficient (Wildman–Crippen LogP) is 3.02. The monoisotopic (exact) mass is 451 g/mol. The zero-order valence-electron chi connectivity index (χ0n) is 17.1. The second-order valence-electron chi connectivity index (χ2n) is 7.04. The van der Waals surface area contributed by atoms with Crippen molar-refractivity contribution in [3.8, 4) is 0 Å². The van der Waals surface area contributed by atoms with E-state index in [9.17, 15) is 13.2 Å². The number of nitrogens with one attached hydrogen (secondary N) is 1. The molecule has 10 heteroatoms. The van der Waals surface area contributed by atoms with Crippen molar-refractivity contribution < 1.29 is 13.2 Å². The van der Waals surface area contributed by atoms with Crippen LogP contribution in [0.1, 0.15) is 26.7 Å². The molecule has 0 unspecified atom stereocenters. The number of pyridine rings is 2. The van der Waals surface area contributed by atoms with Gasteiger partial charge in [-0.25, -0.2) is 18.4 Å². The van der Waals surface area contributed by atoms with E-state index >= 15 is 0 Å². The number of aromatic nitrogens is 2. The number of anilines is 2. The van der Waals surface area contributed by atoms with Crippen molar-refractivity contribution in [2.24, 2.45) is 5.92 Å². The fourth-order valence-corrected chi connectivity index (χ4v) is 5.40. The summed E-state index contributed by atoms with van der Waals surface area (Å²) in [6, 6.07) is 6.70. The number of hydrogen-bond donors (Lipinski definition) is 1. The molecular weight excluding hydrogens is 426 g/mol. The molecule has 0 bridgehead atoms. The van der Waals surface area contributed by atoms with E-state index in [1.807, 2.05) is 12.1 Å². The van der Waals surface area contributed by atoms with Crippen molar-refractivity contribution in [2.45, 2.75) is 31.6 Å². The molecule has 0 aromatic carbocycles. The van der Waals surface area contributed by atoms with Crippen LogP contribution < -0.4 is 10.2 Å². The van der Waals surface area contributed by atoms with Crippen molar-refractivity contribution >= 4 is 39.0 Å². The van der Waals surface area contributed by atoms with E-state index in [4.69, 9.17) is 11.6 Å². The zero-order valence-corrected chi connectivity index (χ0v) is 18.7. The summed E-state index contributed by atoms with van der Waals surface area (Å²) in [7, 11) is -3.73. The van der Waals surface area contributed by atoms with E-state index in [-0.39, 0.29) is 35.0 Å². The lowest BCUT2D eigenvalue weighted by atomic mass is 9.97. The van der Waals surface area contributed by atoms with E-state index in [2.05, 4.69) is 34.0 Å². The molecule has 1 aliphatic heterocycles. The Labute approximate surface area is 182 Å². The number of piperidine rings is 1. The van der Waals surface area contributed by atoms with Crippen LogP contribution in [0.25, 0.3) is 0 Å². The topological polar surface area (TPSA) is 95.5 Å². The van der Waals surface area contributed by atoms with Crippen LogP contribution in [0.4, 0.5) is 11.5 Å². The van der Waals surface area contributed by atoms with E-state index in [0.29, 0.717) is 18.5 Å². The van der Waals surface area contributed by atoms with Crippen molar-refractivity contribution in [3.63, 3.8) is 0 Å². The van der Waals surface area contributed by atoms with Gasteiger partial charge < -0.3 is 10.2 Å². The van der Waals surface area contributed by atoms with Gasteiger partial charge in [-0.1, -0.05) is 11.6 Å². The average molecular weight is 452 g/mol. The standard InChI is InChI=1S/C20H26ClN5O3S/c1-3-25(4-2)18-8-7-16(14-23-18)24-20(27)15-9-12-26(13-10-15)30(28,29)17-6-5-11-22-19(17)21/h5-8,11,14-15H,3-4,9-10,12-13H2,1-2H3,(H,24,27). The highest BCUT2D eigenvalue weighted by molar-refractivity contribution is 7.89. The Morgan fingerprint density at radius 1 is 1.20 bits per heavy atom. The number of halogens is 1. The molecule has 3 rings (SSSR count). The molecule has 1 saturated heterocycles. The Bertz CT molecular complexity index is 972. The van der Waals surface area contributed by atoms with Crippen LogP contribution in [0, 0.1) is 5.92 Å². The predicted molar refractivity (Wildman–Crippen MR) is 117 cm³/mol. The summed E-state index contributed by atoms with van der Waals surface area (Å²) in [6.07, 6.45) is 3.97. The molecule has 30 heavy (non-hydrogen) atoms. The maximum absolute atomic E-state index is 12.8. The Balaban J connectivity index is 1.58. The van der Waals surface area contributed by atoms with Gasteiger partial charge in [-0.3, -0.25) is 4.79 Å². The first-order valence-electron chi connectivity index (χ1n) is 9.99. The quantitative estimate of drug-likeness (QED) is 0.650. The lowest BCUT2D eigenvalue weighted by Gasteiger charge is -2.30. The largest absolute Gasteiger partial charge is 0.357 e. The number of hydrogen-bond acceptors (Lipinski definition) is 6. The molecule has 1 fully saturated rings. The molecule has 0 radical (unpaired) electrons. The maximum atomic E-state index is 12.8. The summed E-state index contributed by atoms with van der Waals surface area (Å²) in [5.41, 5.74) is 0.632. The van der Waals surface area contributed by atoms with Gasteiger partial charge in [-0.15, -0.1) is 0 Å². The van der Waals surface area contributed by atoms with Crippen LogP contribution in [-0.2, 0) is 14.8 Å². The first kappa shape index (κ1) is 22.5. The zero-order chi connectivity index (χ0) is 21.7. The van der Waals surface area contributed by atoms with Crippen LogP contribution in [-0.4, -0.2) is 54.8 Å². The molecular formula is C20H26ClN5O3S. The average Bonchev–Trinajstić information content (AvgIpc) is 2.76. The van der Waals surface area contributed by atoms with Crippen molar-refractivity contribution in [2.75, 3.05) is 36.4 Å². The normalized spacial score (nSPS) is 15.7. The third-order valence-electron chi connectivity index (χ3n) is 5.27. The van der Waals surface area contributed by atoms with Crippen LogP contribution >= 0.6 is 11.6 Å². The molecule has 0 saturated carbocycles. The van der Waals surface area contributed by atoms with Gasteiger partial charge in [-0.05, 0) is 51.0 Å². The smallest absolute Gasteiger partial charge is 0.246 e. The fourth-order valence-electron chi connectivity index (χ4n) is 3.50. The van der Waals surface area contributed by atoms with Gasteiger partial charge >= 0.3 is 0 Å². The van der Waals surface area contributed by atoms with Gasteiger partial charge in [0, 0.05) is 38.3 Å². The van der Waals surface area contributed by atoms with Crippen molar-refractivity contribution in [1.82, 2.24) is 14.3 Å². The molecule has 2 aromatic rings. The first-order chi connectivity index (χ1) is 14.4. The number of carbonyl (C=O) groups is 1. The minimum atomic E-state index is -3.73. The van der Waals surface area contributed by atoms with Gasteiger partial charge in [-0.2, -0.15) is 4.31 Å². The van der Waals surface area contributed by atoms with Crippen LogP contribution in [0.3, 0.4) is 0 Å². The lowest BCUT2D eigenvalue weighted by molar-refractivity contribution is -0.120. The summed E-state index contributed by atoms with van der Waals surface area (Å²) in [5, 5.41) is 2.85. The second kappa shape index (κ2) is 9.72. The van der Waals surface area contributed by atoms with Gasteiger partial charge in [0.2, 0.25) is 15.9 Å².